The summed E-state index contributed by atoms with van der Waals surface area (Å²) < 4.78 is 11.7. The first kappa shape index (κ1) is 21.8. The van der Waals surface area contributed by atoms with Crippen molar-refractivity contribution in [2.24, 2.45) is 4.99 Å². The summed E-state index contributed by atoms with van der Waals surface area (Å²) in [4.78, 5) is 37.2. The number of non-ortho nitro benzene ring substituents is 1. The number of hydrogen-bond donors (Lipinski definition) is 0. The van der Waals surface area contributed by atoms with Crippen molar-refractivity contribution in [2.75, 3.05) is 0 Å². The van der Waals surface area contributed by atoms with Crippen LogP contribution in [0.2, 0.25) is 0 Å². The van der Waals surface area contributed by atoms with E-state index in [4.69, 9.17) is 9.47 Å². The Balaban J connectivity index is 1.61. The Morgan fingerprint density at radius 1 is 0.970 bits per heavy atom. The second-order valence-corrected chi connectivity index (χ2v) is 7.60. The predicted molar refractivity (Wildman–Crippen MR) is 121 cm³/mol. The maximum absolute atomic E-state index is 12.2. The zero-order valence-corrected chi connectivity index (χ0v) is 18.1. The van der Waals surface area contributed by atoms with Crippen molar-refractivity contribution < 1.29 is 24.1 Å². The number of esters is 1. The van der Waals surface area contributed by atoms with Crippen molar-refractivity contribution in [3.63, 3.8) is 0 Å². The second-order valence-electron chi connectivity index (χ2n) is 6.68. The number of nitro groups is 2. The van der Waals surface area contributed by atoms with E-state index in [0.717, 1.165) is 22.7 Å². The van der Waals surface area contributed by atoms with Crippen molar-refractivity contribution in [1.82, 2.24) is 0 Å². The number of nitrogens with zero attached hydrogens (tertiary/aromatic N) is 3. The number of carbonyl (C=O) groups excluding carboxylic acids is 1. The van der Waals surface area contributed by atoms with E-state index < -0.39 is 27.2 Å². The van der Waals surface area contributed by atoms with Crippen LogP contribution in [0.3, 0.4) is 0 Å². The summed E-state index contributed by atoms with van der Waals surface area (Å²) in [5.41, 5.74) is 0.275. The number of carbonyl (C=O) groups is 1. The Kier molecular flexibility index (Phi) is 5.96. The largest absolute Gasteiger partial charge is 0.450 e. The lowest BCUT2D eigenvalue weighted by Gasteiger charge is -2.07. The first-order valence-electron chi connectivity index (χ1n) is 9.29. The zero-order valence-electron chi connectivity index (χ0n) is 16.5. The lowest BCUT2D eigenvalue weighted by molar-refractivity contribution is -0.394. The lowest BCUT2D eigenvalue weighted by atomic mass is 10.2. The van der Waals surface area contributed by atoms with Crippen molar-refractivity contribution in [3.05, 3.63) is 108 Å². The molecule has 0 bridgehead atoms. The average Bonchev–Trinajstić information content (AvgIpc) is 3.14. The normalized spacial score (nSPS) is 14.0. The molecule has 3 aromatic carbocycles. The Morgan fingerprint density at radius 3 is 2.42 bits per heavy atom. The second kappa shape index (κ2) is 9.01. The predicted octanol–water partition coefficient (Wildman–Crippen LogP) is 5.40. The van der Waals surface area contributed by atoms with E-state index in [2.05, 4.69) is 20.9 Å². The molecule has 1 aliphatic rings. The molecular weight excluding hydrogens is 498 g/mol. The smallest absolute Gasteiger partial charge is 0.363 e. The highest BCUT2D eigenvalue weighted by molar-refractivity contribution is 9.10. The topological polar surface area (TPSA) is 134 Å². The molecule has 164 valence electrons. The monoisotopic (exact) mass is 509 g/mol. The zero-order chi connectivity index (χ0) is 23.5. The fraction of sp³-hybridized carbons (Fsp3) is 0. The Hall–Kier alpha value is -4.38. The van der Waals surface area contributed by atoms with Gasteiger partial charge in [0.25, 0.3) is 5.69 Å². The Morgan fingerprint density at radius 2 is 1.73 bits per heavy atom. The minimum Gasteiger partial charge on any atom is -0.450 e. The van der Waals surface area contributed by atoms with Crippen molar-refractivity contribution in [2.45, 2.75) is 0 Å². The molecule has 0 fully saturated rings. The third kappa shape index (κ3) is 4.93. The minimum atomic E-state index is -0.763. The SMILES string of the molecule is O=C1OC(c2ccc(Br)cc2)=NC1=Cc1cccc(Oc2ccc([N+](=O)[O-])cc2[N+](=O)[O-])c1. The molecule has 0 saturated carbocycles. The van der Waals surface area contributed by atoms with E-state index in [1.165, 1.54) is 6.08 Å². The molecule has 0 unspecified atom stereocenters. The molecule has 33 heavy (non-hydrogen) atoms. The van der Waals surface area contributed by atoms with Gasteiger partial charge in [0, 0.05) is 16.1 Å². The van der Waals surface area contributed by atoms with E-state index in [1.54, 1.807) is 48.5 Å². The van der Waals surface area contributed by atoms with Crippen LogP contribution in [0, 0.1) is 20.2 Å². The van der Waals surface area contributed by atoms with Crippen LogP contribution in [0.1, 0.15) is 11.1 Å². The summed E-state index contributed by atoms with van der Waals surface area (Å²) in [6, 6.07) is 16.6. The molecule has 1 aliphatic heterocycles. The van der Waals surface area contributed by atoms with Crippen LogP contribution in [0.15, 0.2) is 81.9 Å². The standard InChI is InChI=1S/C22H12BrN3O7/c23-15-6-4-14(5-7-15)21-24-18(22(27)33-21)11-13-2-1-3-17(10-13)32-20-9-8-16(25(28)29)12-19(20)26(30)31/h1-12H. The van der Waals surface area contributed by atoms with Crippen LogP contribution in [-0.4, -0.2) is 21.7 Å². The van der Waals surface area contributed by atoms with Crippen LogP contribution in [0.25, 0.3) is 6.08 Å². The van der Waals surface area contributed by atoms with Gasteiger partial charge in [0.15, 0.2) is 5.70 Å². The number of benzene rings is 3. The highest BCUT2D eigenvalue weighted by Crippen LogP contribution is 2.34. The lowest BCUT2D eigenvalue weighted by Crippen LogP contribution is -2.05. The van der Waals surface area contributed by atoms with Gasteiger partial charge in [0.05, 0.1) is 15.9 Å². The van der Waals surface area contributed by atoms with Gasteiger partial charge < -0.3 is 9.47 Å². The van der Waals surface area contributed by atoms with Gasteiger partial charge in [-0.2, -0.15) is 0 Å². The maximum atomic E-state index is 12.2. The van der Waals surface area contributed by atoms with Gasteiger partial charge in [-0.1, -0.05) is 28.1 Å². The van der Waals surface area contributed by atoms with Gasteiger partial charge in [-0.25, -0.2) is 9.79 Å². The van der Waals surface area contributed by atoms with E-state index in [9.17, 15) is 25.0 Å². The van der Waals surface area contributed by atoms with Crippen molar-refractivity contribution in [1.29, 1.82) is 0 Å². The molecular formula is C22H12BrN3O7. The molecule has 0 aromatic heterocycles. The Bertz CT molecular complexity index is 1350. The fourth-order valence-electron chi connectivity index (χ4n) is 2.93. The highest BCUT2D eigenvalue weighted by Gasteiger charge is 2.24. The minimum absolute atomic E-state index is 0.0754. The number of aliphatic imine (C=N–C) groups is 1. The number of rotatable bonds is 6. The molecule has 0 amide bonds. The summed E-state index contributed by atoms with van der Waals surface area (Å²) in [6.45, 7) is 0. The molecule has 0 spiro atoms. The number of hydrogen-bond acceptors (Lipinski definition) is 8. The van der Waals surface area contributed by atoms with Crippen LogP contribution in [-0.2, 0) is 9.53 Å². The number of halogens is 1. The van der Waals surface area contributed by atoms with Crippen LogP contribution < -0.4 is 4.74 Å². The third-order valence-electron chi connectivity index (χ3n) is 4.45. The Labute approximate surface area is 194 Å². The summed E-state index contributed by atoms with van der Waals surface area (Å²) in [5, 5.41) is 22.2. The van der Waals surface area contributed by atoms with Gasteiger partial charge in [-0.3, -0.25) is 20.2 Å². The molecule has 0 N–H and O–H groups in total. The first-order valence-corrected chi connectivity index (χ1v) is 10.1. The van der Waals surface area contributed by atoms with Gasteiger partial charge in [0.2, 0.25) is 11.6 Å². The fourth-order valence-corrected chi connectivity index (χ4v) is 3.19. The van der Waals surface area contributed by atoms with Gasteiger partial charge in [-0.05, 0) is 54.1 Å². The van der Waals surface area contributed by atoms with Crippen LogP contribution >= 0.6 is 15.9 Å². The van der Waals surface area contributed by atoms with E-state index >= 15 is 0 Å². The maximum Gasteiger partial charge on any atom is 0.363 e. The molecule has 3 aromatic rings. The summed E-state index contributed by atoms with van der Waals surface area (Å²) in [5.74, 6) is -0.381. The molecule has 0 saturated heterocycles. The van der Waals surface area contributed by atoms with Crippen molar-refractivity contribution >= 4 is 45.2 Å². The molecule has 4 rings (SSSR count). The molecule has 11 heteroatoms. The summed E-state index contributed by atoms with van der Waals surface area (Å²) >= 11 is 3.34. The van der Waals surface area contributed by atoms with E-state index in [0.29, 0.717) is 11.1 Å². The quantitative estimate of drug-likeness (QED) is 0.188. The third-order valence-corrected chi connectivity index (χ3v) is 4.98. The van der Waals surface area contributed by atoms with E-state index in [-0.39, 0.29) is 23.1 Å². The van der Waals surface area contributed by atoms with Gasteiger partial charge >= 0.3 is 11.7 Å². The average molecular weight is 510 g/mol. The highest BCUT2D eigenvalue weighted by atomic mass is 79.9. The van der Waals surface area contributed by atoms with Crippen LogP contribution in [0.5, 0.6) is 11.5 Å². The number of cyclic esters (lactones) is 1. The van der Waals surface area contributed by atoms with E-state index in [1.807, 2.05) is 0 Å². The summed E-state index contributed by atoms with van der Waals surface area (Å²) in [6.07, 6.45) is 1.49. The summed E-state index contributed by atoms with van der Waals surface area (Å²) in [7, 11) is 0. The van der Waals surface area contributed by atoms with Crippen LogP contribution in [0.4, 0.5) is 11.4 Å². The molecule has 1 heterocycles. The number of ether oxygens (including phenoxy) is 2. The molecule has 10 nitrogen and oxygen atoms in total. The number of nitro benzene ring substituents is 2. The van der Waals surface area contributed by atoms with Gasteiger partial charge in [0.1, 0.15) is 5.75 Å². The van der Waals surface area contributed by atoms with Gasteiger partial charge in [-0.15, -0.1) is 0 Å². The molecule has 0 radical (unpaired) electrons. The molecule has 0 aliphatic carbocycles. The molecule has 0 atom stereocenters. The first-order chi connectivity index (χ1) is 15.8. The van der Waals surface area contributed by atoms with Crippen molar-refractivity contribution in [3.8, 4) is 11.5 Å².